The molecule has 1 aromatic carbocycles. The summed E-state index contributed by atoms with van der Waals surface area (Å²) in [4.78, 5) is 16.9. The van der Waals surface area contributed by atoms with Gasteiger partial charge in [0, 0.05) is 38.2 Å². The molecule has 0 saturated carbocycles. The number of hydrogen-bond acceptors (Lipinski definition) is 3. The van der Waals surface area contributed by atoms with Crippen molar-refractivity contribution in [3.8, 4) is 11.8 Å². The maximum Gasteiger partial charge on any atom is 0.222 e. The zero-order valence-electron chi connectivity index (χ0n) is 17.4. The SMILES string of the molecule is CC(C)(O)C#Cc1ccc(CN2CCC[C@H](CCC(=O)N3CCCC3)C2)cc1. The van der Waals surface area contributed by atoms with Gasteiger partial charge in [0.2, 0.25) is 5.91 Å². The van der Waals surface area contributed by atoms with E-state index in [0.29, 0.717) is 18.2 Å². The Hall–Kier alpha value is -1.83. The van der Waals surface area contributed by atoms with Gasteiger partial charge in [0.05, 0.1) is 0 Å². The van der Waals surface area contributed by atoms with Crippen molar-refractivity contribution in [2.75, 3.05) is 26.2 Å². The average Bonchev–Trinajstić information content (AvgIpc) is 3.20. The van der Waals surface area contributed by atoms with Crippen molar-refractivity contribution in [2.45, 2.75) is 64.5 Å². The Morgan fingerprint density at radius 1 is 1.14 bits per heavy atom. The zero-order valence-corrected chi connectivity index (χ0v) is 17.4. The van der Waals surface area contributed by atoms with Crippen molar-refractivity contribution in [1.29, 1.82) is 0 Å². The molecule has 4 heteroatoms. The normalized spacial score (nSPS) is 20.7. The molecule has 2 saturated heterocycles. The van der Waals surface area contributed by atoms with Gasteiger partial charge in [-0.1, -0.05) is 24.0 Å². The molecule has 0 bridgehead atoms. The van der Waals surface area contributed by atoms with Gasteiger partial charge in [-0.3, -0.25) is 9.69 Å². The van der Waals surface area contributed by atoms with Crippen molar-refractivity contribution in [3.05, 3.63) is 35.4 Å². The minimum Gasteiger partial charge on any atom is -0.378 e. The maximum atomic E-state index is 12.3. The quantitative estimate of drug-likeness (QED) is 0.794. The lowest BCUT2D eigenvalue weighted by molar-refractivity contribution is -0.130. The zero-order chi connectivity index (χ0) is 20.0. The molecule has 4 nitrogen and oxygen atoms in total. The Morgan fingerprint density at radius 2 is 1.86 bits per heavy atom. The molecule has 2 aliphatic heterocycles. The van der Waals surface area contributed by atoms with Gasteiger partial charge in [-0.15, -0.1) is 0 Å². The molecule has 1 atom stereocenters. The van der Waals surface area contributed by atoms with Crippen LogP contribution in [-0.4, -0.2) is 52.6 Å². The first-order valence-electron chi connectivity index (χ1n) is 10.7. The van der Waals surface area contributed by atoms with E-state index in [-0.39, 0.29) is 0 Å². The monoisotopic (exact) mass is 382 g/mol. The van der Waals surface area contributed by atoms with Crippen LogP contribution >= 0.6 is 0 Å². The highest BCUT2D eigenvalue weighted by Crippen LogP contribution is 2.23. The molecule has 0 aromatic heterocycles. The molecule has 1 amide bonds. The highest BCUT2D eigenvalue weighted by Gasteiger charge is 2.23. The van der Waals surface area contributed by atoms with E-state index in [1.165, 1.54) is 31.2 Å². The van der Waals surface area contributed by atoms with Gasteiger partial charge in [0.1, 0.15) is 5.60 Å². The van der Waals surface area contributed by atoms with Gasteiger partial charge >= 0.3 is 0 Å². The minimum atomic E-state index is -0.961. The Balaban J connectivity index is 1.46. The highest BCUT2D eigenvalue weighted by atomic mass is 16.3. The van der Waals surface area contributed by atoms with Crippen molar-refractivity contribution >= 4 is 5.91 Å². The number of likely N-dealkylation sites (tertiary alicyclic amines) is 2. The number of amides is 1. The summed E-state index contributed by atoms with van der Waals surface area (Å²) >= 11 is 0. The van der Waals surface area contributed by atoms with Crippen molar-refractivity contribution in [1.82, 2.24) is 9.80 Å². The number of nitrogens with zero attached hydrogens (tertiary/aromatic N) is 2. The third kappa shape index (κ3) is 6.65. The molecule has 152 valence electrons. The van der Waals surface area contributed by atoms with Crippen LogP contribution in [0.5, 0.6) is 0 Å². The molecule has 2 heterocycles. The van der Waals surface area contributed by atoms with Crippen LogP contribution in [0.25, 0.3) is 0 Å². The molecule has 0 radical (unpaired) electrons. The van der Waals surface area contributed by atoms with Crippen LogP contribution in [0.1, 0.15) is 63.5 Å². The molecule has 1 N–H and O–H groups in total. The number of carbonyl (C=O) groups is 1. The fourth-order valence-electron chi connectivity index (χ4n) is 4.16. The fourth-order valence-corrected chi connectivity index (χ4v) is 4.16. The van der Waals surface area contributed by atoms with E-state index in [9.17, 15) is 9.90 Å². The van der Waals surface area contributed by atoms with E-state index < -0.39 is 5.60 Å². The molecule has 1 aromatic rings. The van der Waals surface area contributed by atoms with Crippen molar-refractivity contribution < 1.29 is 9.90 Å². The van der Waals surface area contributed by atoms with E-state index in [1.54, 1.807) is 13.8 Å². The number of benzene rings is 1. The second-order valence-corrected chi connectivity index (χ2v) is 8.88. The standard InChI is InChI=1S/C24H34N2O2/c1-24(2,28)14-13-20-7-9-22(10-8-20)19-25-15-5-6-21(18-25)11-12-23(27)26-16-3-4-17-26/h7-10,21,28H,3-6,11-12,15-19H2,1-2H3/t21-/m1/s1. The maximum absolute atomic E-state index is 12.3. The topological polar surface area (TPSA) is 43.8 Å². The largest absolute Gasteiger partial charge is 0.378 e. The summed E-state index contributed by atoms with van der Waals surface area (Å²) in [6, 6.07) is 8.33. The molecule has 28 heavy (non-hydrogen) atoms. The molecule has 2 fully saturated rings. The summed E-state index contributed by atoms with van der Waals surface area (Å²) in [5.74, 6) is 6.87. The Labute approximate surface area is 169 Å². The van der Waals surface area contributed by atoms with E-state index in [1.807, 2.05) is 17.0 Å². The van der Waals surface area contributed by atoms with Gasteiger partial charge in [-0.25, -0.2) is 0 Å². The second-order valence-electron chi connectivity index (χ2n) is 8.88. The summed E-state index contributed by atoms with van der Waals surface area (Å²) in [6.45, 7) is 8.50. The van der Waals surface area contributed by atoms with Crippen LogP contribution in [0.4, 0.5) is 0 Å². The van der Waals surface area contributed by atoms with E-state index >= 15 is 0 Å². The first-order chi connectivity index (χ1) is 13.4. The van der Waals surface area contributed by atoms with Crippen LogP contribution in [0.2, 0.25) is 0 Å². The lowest BCUT2D eigenvalue weighted by Gasteiger charge is -2.33. The Kier molecular flexibility index (Phi) is 7.15. The van der Waals surface area contributed by atoms with Gasteiger partial charge in [-0.05, 0) is 76.1 Å². The molecular formula is C24H34N2O2. The number of hydrogen-bond donors (Lipinski definition) is 1. The summed E-state index contributed by atoms with van der Waals surface area (Å²) in [6.07, 6.45) is 6.55. The van der Waals surface area contributed by atoms with E-state index in [0.717, 1.165) is 44.7 Å². The number of aliphatic hydroxyl groups is 1. The van der Waals surface area contributed by atoms with Crippen LogP contribution < -0.4 is 0 Å². The molecule has 0 aliphatic carbocycles. The predicted molar refractivity (Wildman–Crippen MR) is 113 cm³/mol. The second kappa shape index (κ2) is 9.58. The van der Waals surface area contributed by atoms with Crippen LogP contribution in [0.3, 0.4) is 0 Å². The summed E-state index contributed by atoms with van der Waals surface area (Å²) in [7, 11) is 0. The number of rotatable bonds is 5. The molecule has 3 rings (SSSR count). The summed E-state index contributed by atoms with van der Waals surface area (Å²) in [5, 5.41) is 9.71. The van der Waals surface area contributed by atoms with Gasteiger partial charge in [0.25, 0.3) is 0 Å². The van der Waals surface area contributed by atoms with E-state index in [4.69, 9.17) is 0 Å². The fraction of sp³-hybridized carbons (Fsp3) is 0.625. The lowest BCUT2D eigenvalue weighted by atomic mass is 9.93. The first-order valence-corrected chi connectivity index (χ1v) is 10.7. The van der Waals surface area contributed by atoms with Gasteiger partial charge < -0.3 is 10.0 Å². The first kappa shape index (κ1) is 20.9. The number of piperidine rings is 1. The van der Waals surface area contributed by atoms with Crippen molar-refractivity contribution in [3.63, 3.8) is 0 Å². The summed E-state index contributed by atoms with van der Waals surface area (Å²) in [5.41, 5.74) is 1.27. The minimum absolute atomic E-state index is 0.359. The Bertz CT molecular complexity index is 703. The van der Waals surface area contributed by atoms with Crippen LogP contribution in [-0.2, 0) is 11.3 Å². The van der Waals surface area contributed by atoms with E-state index in [2.05, 4.69) is 28.9 Å². The average molecular weight is 383 g/mol. The Morgan fingerprint density at radius 3 is 2.54 bits per heavy atom. The molecule has 2 aliphatic rings. The lowest BCUT2D eigenvalue weighted by Crippen LogP contribution is -2.35. The number of carbonyl (C=O) groups excluding carboxylic acids is 1. The van der Waals surface area contributed by atoms with Gasteiger partial charge in [0.15, 0.2) is 0 Å². The molecular weight excluding hydrogens is 348 g/mol. The van der Waals surface area contributed by atoms with Crippen LogP contribution in [0, 0.1) is 17.8 Å². The molecule has 0 spiro atoms. The summed E-state index contributed by atoms with van der Waals surface area (Å²) < 4.78 is 0. The highest BCUT2D eigenvalue weighted by molar-refractivity contribution is 5.76. The van der Waals surface area contributed by atoms with Gasteiger partial charge in [-0.2, -0.15) is 0 Å². The smallest absolute Gasteiger partial charge is 0.222 e. The molecule has 0 unspecified atom stereocenters. The third-order valence-electron chi connectivity index (χ3n) is 5.70. The third-order valence-corrected chi connectivity index (χ3v) is 5.70. The predicted octanol–water partition coefficient (Wildman–Crippen LogP) is 3.42. The van der Waals surface area contributed by atoms with Crippen molar-refractivity contribution in [2.24, 2.45) is 5.92 Å². The van der Waals surface area contributed by atoms with Crippen LogP contribution in [0.15, 0.2) is 24.3 Å².